The Balaban J connectivity index is 0.000000151. The third-order valence-electron chi connectivity index (χ3n) is 12.0. The molecule has 0 aliphatic rings. The molecule has 0 radical (unpaired) electrons. The Morgan fingerprint density at radius 1 is 0.608 bits per heavy atom. The lowest BCUT2D eigenvalue weighted by Gasteiger charge is -2.12. The Kier molecular flexibility index (Phi) is 16.9. The molecule has 10 aromatic rings. The Labute approximate surface area is 428 Å². The van der Waals surface area contributed by atoms with Crippen LogP contribution in [0.3, 0.4) is 0 Å². The summed E-state index contributed by atoms with van der Waals surface area (Å²) in [5, 5.41) is 51.2. The highest BCUT2D eigenvalue weighted by Crippen LogP contribution is 2.25. The van der Waals surface area contributed by atoms with Crippen molar-refractivity contribution in [1.29, 1.82) is 5.26 Å². The second-order valence-corrected chi connectivity index (χ2v) is 17.2. The first-order valence-electron chi connectivity index (χ1n) is 23.7. The number of hydrogen-bond donors (Lipinski definition) is 3. The van der Waals surface area contributed by atoms with Gasteiger partial charge in [-0.25, -0.2) is 33.9 Å². The number of H-pyrrole nitrogens is 1. The quantitative estimate of drug-likeness (QED) is 0.110. The number of nitriles is 1. The van der Waals surface area contributed by atoms with Crippen LogP contribution in [0.15, 0.2) is 140 Å². The van der Waals surface area contributed by atoms with E-state index in [1.807, 2.05) is 114 Å². The molecule has 0 bridgehead atoms. The van der Waals surface area contributed by atoms with Crippen molar-refractivity contribution in [3.63, 3.8) is 0 Å². The van der Waals surface area contributed by atoms with Crippen molar-refractivity contribution in [2.24, 2.45) is 14.1 Å². The minimum absolute atomic E-state index is 0.0104. The summed E-state index contributed by atoms with van der Waals surface area (Å²) in [4.78, 5) is 35.3. The van der Waals surface area contributed by atoms with E-state index in [0.29, 0.717) is 23.6 Å². The number of aromatic carboxylic acids is 2. The SMILES string of the molecule is CCc1cc(C#N)nc(-n2cccn2)c1C.CCc1cc(C(=O)O)nc(-c2ccn[nH]2)c1C.Cc1c(Cc2ccc(-c3ccn(C)n3)cc2)cc(C(=O)O)nc1-n1cccn1.Cc1ccc(-c2ccn(C)n2)cc1. The standard InChI is InChI=1S/C21H19N5O2.C12H12N4.C12H13N3O2.C11H12N2/c1-14-17(13-19(21(27)28)23-20(14)26-10-3-9-22-26)12-15-4-6-16(7-5-15)18-8-11-25(2)24-18;1-3-10-7-11(8-13)15-12(9(10)2)16-6-4-5-14-16;1-3-8-6-10(12(16)17)14-11(7(8)2)9-4-5-13-15-9;1-9-3-5-10(6-4-9)11-7-8-13(2)12-11/h3-11,13H,12H2,1-2H3,(H,27,28);4-7H,3H2,1-2H3;4-6H,3H2,1-2H3,(H,13,15)(H,16,17);3-8H,1-2H3. The van der Waals surface area contributed by atoms with Gasteiger partial charge in [-0.3, -0.25) is 14.5 Å². The topological polar surface area (TPSA) is 237 Å². The van der Waals surface area contributed by atoms with Crippen LogP contribution in [-0.4, -0.2) is 86.4 Å². The molecule has 0 atom stereocenters. The van der Waals surface area contributed by atoms with Crippen molar-refractivity contribution >= 4 is 11.9 Å². The Hall–Kier alpha value is -9.63. The first kappa shape index (κ1) is 52.2. The van der Waals surface area contributed by atoms with Crippen LogP contribution in [0.4, 0.5) is 0 Å². The summed E-state index contributed by atoms with van der Waals surface area (Å²) in [5.41, 5.74) is 14.4. The molecule has 0 amide bonds. The molecule has 74 heavy (non-hydrogen) atoms. The number of carbonyl (C=O) groups is 2. The van der Waals surface area contributed by atoms with E-state index in [4.69, 9.17) is 10.4 Å². The van der Waals surface area contributed by atoms with Gasteiger partial charge in [0.1, 0.15) is 17.5 Å². The first-order chi connectivity index (χ1) is 35.6. The lowest BCUT2D eigenvalue weighted by molar-refractivity contribution is 0.0679. The van der Waals surface area contributed by atoms with Crippen molar-refractivity contribution in [3.8, 4) is 51.6 Å². The van der Waals surface area contributed by atoms with Gasteiger partial charge in [0.2, 0.25) is 0 Å². The zero-order valence-electron chi connectivity index (χ0n) is 42.4. The average Bonchev–Trinajstić information content (AvgIpc) is 4.28. The van der Waals surface area contributed by atoms with Crippen molar-refractivity contribution in [2.75, 3.05) is 0 Å². The zero-order valence-corrected chi connectivity index (χ0v) is 42.4. The molecule has 8 heterocycles. The number of aromatic nitrogens is 13. The summed E-state index contributed by atoms with van der Waals surface area (Å²) in [5.74, 6) is -0.800. The smallest absolute Gasteiger partial charge is 0.354 e. The predicted molar refractivity (Wildman–Crippen MR) is 281 cm³/mol. The molecule has 0 aliphatic carbocycles. The summed E-state index contributed by atoms with van der Waals surface area (Å²) < 4.78 is 6.87. The maximum absolute atomic E-state index is 11.5. The Morgan fingerprint density at radius 2 is 1.12 bits per heavy atom. The lowest BCUT2D eigenvalue weighted by atomic mass is 9.99. The van der Waals surface area contributed by atoms with E-state index in [9.17, 15) is 14.7 Å². The van der Waals surface area contributed by atoms with Gasteiger partial charge in [0.25, 0.3) is 0 Å². The lowest BCUT2D eigenvalue weighted by Crippen LogP contribution is -2.10. The van der Waals surface area contributed by atoms with Gasteiger partial charge in [-0.2, -0.15) is 30.8 Å². The Morgan fingerprint density at radius 3 is 1.59 bits per heavy atom. The van der Waals surface area contributed by atoms with E-state index >= 15 is 0 Å². The number of hydrogen-bond acceptors (Lipinski definition) is 11. The molecule has 0 fully saturated rings. The molecular weight excluding hydrogens is 933 g/mol. The number of aromatic amines is 1. The molecule has 18 nitrogen and oxygen atoms in total. The molecule has 374 valence electrons. The fourth-order valence-corrected chi connectivity index (χ4v) is 7.91. The summed E-state index contributed by atoms with van der Waals surface area (Å²) >= 11 is 0. The van der Waals surface area contributed by atoms with Gasteiger partial charge in [0.15, 0.2) is 17.3 Å². The molecule has 0 spiro atoms. The van der Waals surface area contributed by atoms with Crippen molar-refractivity contribution in [2.45, 2.75) is 60.8 Å². The fraction of sp³-hybridized carbons (Fsp3) is 0.196. The number of rotatable bonds is 11. The van der Waals surface area contributed by atoms with Gasteiger partial charge < -0.3 is 10.2 Å². The molecule has 0 saturated carbocycles. The summed E-state index contributed by atoms with van der Waals surface area (Å²) in [6, 6.07) is 33.1. The minimum Gasteiger partial charge on any atom is -0.477 e. The summed E-state index contributed by atoms with van der Waals surface area (Å²) in [6.45, 7) is 12.0. The number of pyridine rings is 3. The molecule has 3 N–H and O–H groups in total. The highest BCUT2D eigenvalue weighted by molar-refractivity contribution is 5.87. The van der Waals surface area contributed by atoms with Gasteiger partial charge in [-0.1, -0.05) is 67.9 Å². The number of nitrogens with zero attached hydrogens (tertiary/aromatic N) is 13. The number of carboxylic acids is 2. The maximum atomic E-state index is 11.5. The van der Waals surface area contributed by atoms with Crippen LogP contribution in [0, 0.1) is 39.0 Å². The van der Waals surface area contributed by atoms with Gasteiger partial charge in [-0.05, 0) is 134 Å². The van der Waals surface area contributed by atoms with Crippen LogP contribution in [0.5, 0.6) is 0 Å². The van der Waals surface area contributed by atoms with E-state index in [0.717, 1.165) is 80.2 Å². The van der Waals surface area contributed by atoms with Gasteiger partial charge >= 0.3 is 11.9 Å². The minimum atomic E-state index is -1.06. The molecular formula is C56H56N14O4. The third-order valence-corrected chi connectivity index (χ3v) is 12.0. The van der Waals surface area contributed by atoms with Crippen LogP contribution < -0.4 is 0 Å². The molecule has 0 saturated heterocycles. The van der Waals surface area contributed by atoms with Crippen molar-refractivity contribution < 1.29 is 19.8 Å². The highest BCUT2D eigenvalue weighted by atomic mass is 16.4. The van der Waals surface area contributed by atoms with Crippen molar-refractivity contribution in [3.05, 3.63) is 202 Å². The molecule has 8 aromatic heterocycles. The van der Waals surface area contributed by atoms with Crippen LogP contribution in [-0.2, 0) is 33.4 Å². The molecule has 0 aliphatic heterocycles. The summed E-state index contributed by atoms with van der Waals surface area (Å²) in [6.07, 6.45) is 14.7. The number of carboxylic acid groups (broad SMARTS) is 2. The van der Waals surface area contributed by atoms with E-state index in [1.54, 1.807) is 63.1 Å². The molecule has 0 unspecified atom stereocenters. The molecule has 18 heteroatoms. The average molecular weight is 989 g/mol. The van der Waals surface area contributed by atoms with Crippen LogP contribution in [0.1, 0.15) is 85.0 Å². The van der Waals surface area contributed by atoms with Crippen molar-refractivity contribution in [1.82, 2.24) is 64.3 Å². The zero-order chi connectivity index (χ0) is 52.9. The van der Waals surface area contributed by atoms with E-state index in [1.165, 1.54) is 11.1 Å². The van der Waals surface area contributed by atoms with Gasteiger partial charge in [0.05, 0.1) is 22.8 Å². The van der Waals surface area contributed by atoms with E-state index in [-0.39, 0.29) is 11.4 Å². The predicted octanol–water partition coefficient (Wildman–Crippen LogP) is 9.71. The van der Waals surface area contributed by atoms with Crippen LogP contribution in [0.25, 0.3) is 45.5 Å². The number of nitrogens with one attached hydrogen (secondary N) is 1. The molecule has 10 rings (SSSR count). The van der Waals surface area contributed by atoms with Gasteiger partial charge in [0, 0.05) is 68.6 Å². The fourth-order valence-electron chi connectivity index (χ4n) is 7.91. The maximum Gasteiger partial charge on any atom is 0.354 e. The second kappa shape index (κ2) is 24.0. The second-order valence-electron chi connectivity index (χ2n) is 17.2. The van der Waals surface area contributed by atoms with E-state index < -0.39 is 11.9 Å². The monoisotopic (exact) mass is 988 g/mol. The third kappa shape index (κ3) is 12.8. The van der Waals surface area contributed by atoms with Gasteiger partial charge in [-0.15, -0.1) is 0 Å². The number of benzene rings is 2. The normalized spacial score (nSPS) is 10.5. The highest BCUT2D eigenvalue weighted by Gasteiger charge is 2.17. The Bertz CT molecular complexity index is 3510. The van der Waals surface area contributed by atoms with E-state index in [2.05, 4.69) is 89.7 Å². The van der Waals surface area contributed by atoms with Crippen LogP contribution in [0.2, 0.25) is 0 Å². The van der Waals surface area contributed by atoms with Crippen LogP contribution >= 0.6 is 0 Å². The summed E-state index contributed by atoms with van der Waals surface area (Å²) in [7, 11) is 3.82. The number of aryl methyl sites for hydroxylation is 5. The largest absolute Gasteiger partial charge is 0.477 e. The molecule has 2 aromatic carbocycles. The first-order valence-corrected chi connectivity index (χ1v) is 23.7.